The summed E-state index contributed by atoms with van der Waals surface area (Å²) in [5, 5.41) is 43.6. The molecule has 4 N–H and O–H groups in total. The van der Waals surface area contributed by atoms with E-state index >= 15 is 0 Å². The first-order valence-corrected chi connectivity index (χ1v) is 15.0. The van der Waals surface area contributed by atoms with Gasteiger partial charge in [-0.15, -0.1) is 0 Å². The summed E-state index contributed by atoms with van der Waals surface area (Å²) < 4.78 is 5.86. The second kappa shape index (κ2) is 9.99. The molecule has 0 aliphatic heterocycles. The summed E-state index contributed by atoms with van der Waals surface area (Å²) in [5.41, 5.74) is -2.23. The van der Waals surface area contributed by atoms with E-state index in [2.05, 4.69) is 36.7 Å². The second-order valence-electron chi connectivity index (χ2n) is 13.5. The predicted octanol–water partition coefficient (Wildman–Crippen LogP) is 3.68. The van der Waals surface area contributed by atoms with Crippen LogP contribution in [0.15, 0.2) is 11.6 Å². The second-order valence-corrected chi connectivity index (χ2v) is 14.1. The van der Waals surface area contributed by atoms with E-state index in [1.165, 1.54) is 0 Å². The summed E-state index contributed by atoms with van der Waals surface area (Å²) in [4.78, 5) is 25.6. The SMILES string of the molecule is CC([C@H]1CC[C@@]2(O)C3=CC(=O)[C@@H]4C[C@@H](O)[C@@H](O)C[C@]4(C)C3CC[C@]12C)[C@@H](CCC(C)(C)O)OC(=O)CBr. The number of allylic oxidation sites excluding steroid dienone is 1. The molecule has 4 aliphatic carbocycles. The third-order valence-electron chi connectivity index (χ3n) is 10.8. The zero-order chi connectivity index (χ0) is 27.6. The lowest BCUT2D eigenvalue weighted by molar-refractivity contribution is -0.160. The Morgan fingerprint density at radius 3 is 2.49 bits per heavy atom. The highest BCUT2D eigenvalue weighted by Crippen LogP contribution is 2.68. The van der Waals surface area contributed by atoms with Gasteiger partial charge in [-0.25, -0.2) is 0 Å². The maximum absolute atomic E-state index is 13.4. The number of alkyl halides is 1. The zero-order valence-corrected chi connectivity index (χ0v) is 24.5. The molecule has 0 radical (unpaired) electrons. The lowest BCUT2D eigenvalue weighted by atomic mass is 9.46. The smallest absolute Gasteiger partial charge is 0.316 e. The lowest BCUT2D eigenvalue weighted by Gasteiger charge is -2.60. The van der Waals surface area contributed by atoms with Crippen molar-refractivity contribution in [3.8, 4) is 0 Å². The largest absolute Gasteiger partial charge is 0.461 e. The summed E-state index contributed by atoms with van der Waals surface area (Å²) in [7, 11) is 0. The molecule has 37 heavy (non-hydrogen) atoms. The van der Waals surface area contributed by atoms with Crippen molar-refractivity contribution < 1.29 is 34.8 Å². The van der Waals surface area contributed by atoms with Gasteiger partial charge in [0.05, 0.1) is 23.4 Å². The molecular weight excluding hydrogens is 540 g/mol. The first kappa shape index (κ1) is 29.2. The van der Waals surface area contributed by atoms with E-state index in [0.717, 1.165) is 24.8 Å². The van der Waals surface area contributed by atoms with Crippen LogP contribution in [0.3, 0.4) is 0 Å². The summed E-state index contributed by atoms with van der Waals surface area (Å²) in [6.07, 6.45) is 3.98. The maximum Gasteiger partial charge on any atom is 0.316 e. The number of ketones is 1. The molecule has 0 spiro atoms. The lowest BCUT2D eigenvalue weighted by Crippen LogP contribution is -2.61. The Hall–Kier alpha value is -0.800. The Kier molecular flexibility index (Phi) is 7.88. The highest BCUT2D eigenvalue weighted by atomic mass is 79.9. The number of carbonyl (C=O) groups excluding carboxylic acids is 2. The van der Waals surface area contributed by atoms with Crippen LogP contribution in [0.2, 0.25) is 0 Å². The van der Waals surface area contributed by atoms with E-state index < -0.39 is 40.3 Å². The highest BCUT2D eigenvalue weighted by molar-refractivity contribution is 9.09. The van der Waals surface area contributed by atoms with E-state index in [1.54, 1.807) is 19.9 Å². The molecule has 0 amide bonds. The molecule has 4 aliphatic rings. The average Bonchev–Trinajstić information content (AvgIpc) is 3.09. The van der Waals surface area contributed by atoms with Gasteiger partial charge in [0.2, 0.25) is 0 Å². The summed E-state index contributed by atoms with van der Waals surface area (Å²) in [6, 6.07) is 0. The Morgan fingerprint density at radius 2 is 1.86 bits per heavy atom. The minimum absolute atomic E-state index is 0.0262. The molecule has 0 bridgehead atoms. The van der Waals surface area contributed by atoms with Crippen LogP contribution < -0.4 is 0 Å². The van der Waals surface area contributed by atoms with Gasteiger partial charge in [-0.1, -0.05) is 36.7 Å². The van der Waals surface area contributed by atoms with Gasteiger partial charge >= 0.3 is 5.97 Å². The molecule has 4 rings (SSSR count). The zero-order valence-electron chi connectivity index (χ0n) is 22.9. The first-order valence-electron chi connectivity index (χ1n) is 13.9. The quantitative estimate of drug-likeness (QED) is 0.266. The van der Waals surface area contributed by atoms with Gasteiger partial charge in [0.25, 0.3) is 0 Å². The van der Waals surface area contributed by atoms with Crippen molar-refractivity contribution in [1.82, 2.24) is 0 Å². The van der Waals surface area contributed by atoms with E-state index in [1.807, 2.05) is 0 Å². The van der Waals surface area contributed by atoms with E-state index in [-0.39, 0.29) is 47.2 Å². The van der Waals surface area contributed by atoms with Crippen molar-refractivity contribution >= 4 is 27.7 Å². The number of halogens is 1. The molecule has 0 aromatic rings. The molecule has 0 aromatic heterocycles. The fraction of sp³-hybridized carbons (Fsp3) is 0.862. The van der Waals surface area contributed by atoms with Crippen LogP contribution in [0, 0.1) is 34.5 Å². The Balaban J connectivity index is 1.65. The topological polar surface area (TPSA) is 124 Å². The van der Waals surface area contributed by atoms with Gasteiger partial charge in [0.15, 0.2) is 5.78 Å². The van der Waals surface area contributed by atoms with Crippen LogP contribution >= 0.6 is 15.9 Å². The number of esters is 1. The molecule has 3 fully saturated rings. The van der Waals surface area contributed by atoms with Crippen LogP contribution in [0.25, 0.3) is 0 Å². The number of hydrogen-bond acceptors (Lipinski definition) is 7. The Bertz CT molecular complexity index is 943. The number of hydrogen-bond donors (Lipinski definition) is 4. The van der Waals surface area contributed by atoms with Crippen molar-refractivity contribution in [3.63, 3.8) is 0 Å². The number of rotatable bonds is 7. The maximum atomic E-state index is 13.4. The molecule has 2 unspecified atom stereocenters. The third-order valence-corrected chi connectivity index (χ3v) is 11.3. The summed E-state index contributed by atoms with van der Waals surface area (Å²) in [5.74, 6) is -0.750. The molecule has 10 atom stereocenters. The molecule has 3 saturated carbocycles. The van der Waals surface area contributed by atoms with E-state index in [0.29, 0.717) is 25.7 Å². The highest BCUT2D eigenvalue weighted by Gasteiger charge is 2.67. The van der Waals surface area contributed by atoms with Crippen molar-refractivity contribution in [3.05, 3.63) is 11.6 Å². The fourth-order valence-electron chi connectivity index (χ4n) is 8.64. The molecule has 7 nitrogen and oxygen atoms in total. The van der Waals surface area contributed by atoms with Gasteiger partial charge < -0.3 is 25.2 Å². The van der Waals surface area contributed by atoms with E-state index in [9.17, 15) is 30.0 Å². The predicted molar refractivity (Wildman–Crippen MR) is 143 cm³/mol. The minimum atomic E-state index is -1.15. The number of carbonyl (C=O) groups is 2. The monoisotopic (exact) mass is 584 g/mol. The summed E-state index contributed by atoms with van der Waals surface area (Å²) >= 11 is 3.19. The van der Waals surface area contributed by atoms with Gasteiger partial charge in [0.1, 0.15) is 11.4 Å². The normalized spacial score (nSPS) is 43.2. The molecular formula is C29H45BrO7. The number of ether oxygens (including phenoxy) is 1. The first-order chi connectivity index (χ1) is 17.1. The third kappa shape index (κ3) is 4.88. The fourth-order valence-corrected chi connectivity index (χ4v) is 8.77. The van der Waals surface area contributed by atoms with Crippen LogP contribution in [-0.4, -0.2) is 67.0 Å². The van der Waals surface area contributed by atoms with Gasteiger partial charge in [-0.2, -0.15) is 0 Å². The number of aliphatic hydroxyl groups excluding tert-OH is 2. The molecule has 0 aromatic carbocycles. The van der Waals surface area contributed by atoms with Crippen molar-refractivity contribution in [2.75, 3.05) is 5.33 Å². The number of fused-ring (bicyclic) bond motifs is 5. The van der Waals surface area contributed by atoms with Crippen LogP contribution in [0.5, 0.6) is 0 Å². The van der Waals surface area contributed by atoms with Gasteiger partial charge in [-0.3, -0.25) is 9.59 Å². The van der Waals surface area contributed by atoms with Gasteiger partial charge in [0, 0.05) is 11.3 Å². The van der Waals surface area contributed by atoms with Crippen LogP contribution in [-0.2, 0) is 14.3 Å². The Morgan fingerprint density at radius 1 is 1.19 bits per heavy atom. The molecule has 0 saturated heterocycles. The van der Waals surface area contributed by atoms with Crippen LogP contribution in [0.1, 0.15) is 86.0 Å². The minimum Gasteiger partial charge on any atom is -0.461 e. The Labute approximate surface area is 229 Å². The van der Waals surface area contributed by atoms with Crippen molar-refractivity contribution in [1.29, 1.82) is 0 Å². The molecule has 210 valence electrons. The van der Waals surface area contributed by atoms with E-state index in [4.69, 9.17) is 4.74 Å². The van der Waals surface area contributed by atoms with Crippen LogP contribution in [0.4, 0.5) is 0 Å². The van der Waals surface area contributed by atoms with Crippen molar-refractivity contribution in [2.24, 2.45) is 34.5 Å². The van der Waals surface area contributed by atoms with Gasteiger partial charge in [-0.05, 0) is 100 Å². The molecule has 0 heterocycles. The van der Waals surface area contributed by atoms with Crippen molar-refractivity contribution in [2.45, 2.75) is 115 Å². The molecule has 8 heteroatoms. The standard InChI is InChI=1S/C29H45BrO7/c1-16(24(37-25(34)15-30)8-9-26(2,3)35)17-7-11-29(36)19-12-21(31)20-13-22(32)23(33)14-27(20,4)18(19)6-10-28(17,29)5/h12,16-18,20,22-24,32-33,35-36H,6-11,13-15H2,1-5H3/t16?,17-,18?,20+,22-,23+,24-,27-,28-,29-/m1/s1. The number of aliphatic hydroxyl groups is 4. The average molecular weight is 586 g/mol. The summed E-state index contributed by atoms with van der Waals surface area (Å²) in [6.45, 7) is 9.76.